The summed E-state index contributed by atoms with van der Waals surface area (Å²) in [5, 5.41) is 8.72. The number of benzene rings is 2. The van der Waals surface area contributed by atoms with Crippen molar-refractivity contribution in [3.8, 4) is 28.3 Å². The second-order valence-corrected chi connectivity index (χ2v) is 8.93. The molecule has 2 atom stereocenters. The molecule has 2 aromatic carbocycles. The maximum absolute atomic E-state index is 13.1. The molecule has 0 radical (unpaired) electrons. The van der Waals surface area contributed by atoms with Crippen LogP contribution in [0.5, 0.6) is 5.75 Å². The van der Waals surface area contributed by atoms with Crippen LogP contribution in [0.4, 0.5) is 5.69 Å². The first-order valence-corrected chi connectivity index (χ1v) is 11.5. The standard InChI is InChI=1S/C26H25N5O3/c1-3-31-12-19(23(30-31)16-7-5-4-6-8-16)24-18-9-21(22(33-2)10-20(18)27-15-28-24)29-25(32)26-11-17(26)13-34-14-26/h4-10,12,15,17H,3,11,13-14H2,1-2H3,(H,29,32). The van der Waals surface area contributed by atoms with Crippen LogP contribution in [0.2, 0.25) is 0 Å². The SMILES string of the molecule is CCn1cc(-c2ncnc3cc(OC)c(NC(=O)C45COCC4C5)cc23)c(-c2ccccc2)n1. The van der Waals surface area contributed by atoms with Gasteiger partial charge in [-0.1, -0.05) is 30.3 Å². The number of rotatable bonds is 6. The van der Waals surface area contributed by atoms with Gasteiger partial charge in [-0.25, -0.2) is 9.97 Å². The lowest BCUT2D eigenvalue weighted by Gasteiger charge is -2.16. The van der Waals surface area contributed by atoms with E-state index in [0.717, 1.165) is 46.4 Å². The smallest absolute Gasteiger partial charge is 0.233 e. The molecule has 2 aliphatic rings. The number of anilines is 1. The molecule has 1 saturated carbocycles. The minimum absolute atomic E-state index is 0.0187. The Morgan fingerprint density at radius 1 is 1.24 bits per heavy atom. The van der Waals surface area contributed by atoms with Crippen LogP contribution in [0, 0.1) is 11.3 Å². The zero-order valence-electron chi connectivity index (χ0n) is 19.1. The number of hydrogen-bond donors (Lipinski definition) is 1. The van der Waals surface area contributed by atoms with Gasteiger partial charge in [0, 0.05) is 41.2 Å². The molecule has 1 saturated heterocycles. The topological polar surface area (TPSA) is 91.2 Å². The van der Waals surface area contributed by atoms with E-state index >= 15 is 0 Å². The minimum Gasteiger partial charge on any atom is -0.494 e. The highest BCUT2D eigenvalue weighted by atomic mass is 16.5. The van der Waals surface area contributed by atoms with Crippen LogP contribution in [0.15, 0.2) is 55.0 Å². The van der Waals surface area contributed by atoms with Crippen molar-refractivity contribution in [2.45, 2.75) is 19.9 Å². The zero-order valence-corrected chi connectivity index (χ0v) is 19.1. The first kappa shape index (κ1) is 20.8. The number of hydrogen-bond acceptors (Lipinski definition) is 6. The number of nitrogens with zero attached hydrogens (tertiary/aromatic N) is 4. The van der Waals surface area contributed by atoms with Gasteiger partial charge in [0.05, 0.1) is 42.6 Å². The molecule has 8 heteroatoms. The molecule has 4 aromatic rings. The van der Waals surface area contributed by atoms with Crippen LogP contribution in [0.1, 0.15) is 13.3 Å². The van der Waals surface area contributed by atoms with Crippen LogP contribution in [0.25, 0.3) is 33.4 Å². The molecule has 1 aliphatic carbocycles. The summed E-state index contributed by atoms with van der Waals surface area (Å²) < 4.78 is 13.0. The highest BCUT2D eigenvalue weighted by Crippen LogP contribution is 2.57. The molecule has 2 fully saturated rings. The van der Waals surface area contributed by atoms with Crippen molar-refractivity contribution in [1.82, 2.24) is 19.7 Å². The lowest BCUT2D eigenvalue weighted by atomic mass is 10.0. The highest BCUT2D eigenvalue weighted by molar-refractivity contribution is 6.04. The number of fused-ring (bicyclic) bond motifs is 2. The van der Waals surface area contributed by atoms with Crippen LogP contribution in [-0.4, -0.2) is 46.0 Å². The maximum Gasteiger partial charge on any atom is 0.233 e. The summed E-state index contributed by atoms with van der Waals surface area (Å²) in [5.41, 5.74) is 4.46. The van der Waals surface area contributed by atoms with E-state index in [1.54, 1.807) is 13.4 Å². The third kappa shape index (κ3) is 3.25. The Hall–Kier alpha value is -3.78. The molecule has 0 spiro atoms. The van der Waals surface area contributed by atoms with Crippen LogP contribution >= 0.6 is 0 Å². The molecule has 8 nitrogen and oxygen atoms in total. The van der Waals surface area contributed by atoms with Crippen LogP contribution in [0.3, 0.4) is 0 Å². The summed E-state index contributed by atoms with van der Waals surface area (Å²) in [4.78, 5) is 22.2. The molecule has 0 bridgehead atoms. The first-order chi connectivity index (χ1) is 16.6. The van der Waals surface area contributed by atoms with E-state index < -0.39 is 5.41 Å². The van der Waals surface area contributed by atoms with Crippen molar-refractivity contribution in [1.29, 1.82) is 0 Å². The zero-order chi connectivity index (χ0) is 23.3. The predicted octanol–water partition coefficient (Wildman–Crippen LogP) is 4.16. The summed E-state index contributed by atoms with van der Waals surface area (Å²) >= 11 is 0. The van der Waals surface area contributed by atoms with Crippen molar-refractivity contribution in [3.05, 3.63) is 55.0 Å². The van der Waals surface area contributed by atoms with Gasteiger partial charge in [-0.3, -0.25) is 9.48 Å². The number of aryl methyl sites for hydroxylation is 1. The van der Waals surface area contributed by atoms with Crippen LogP contribution < -0.4 is 10.1 Å². The fourth-order valence-electron chi connectivity index (χ4n) is 4.88. The first-order valence-electron chi connectivity index (χ1n) is 11.5. The molecule has 34 heavy (non-hydrogen) atoms. The number of amides is 1. The maximum atomic E-state index is 13.1. The van der Waals surface area contributed by atoms with Crippen molar-refractivity contribution in [2.75, 3.05) is 25.6 Å². The summed E-state index contributed by atoms with van der Waals surface area (Å²) in [5.74, 6) is 0.853. The van der Waals surface area contributed by atoms with Gasteiger partial charge in [0.25, 0.3) is 0 Å². The van der Waals surface area contributed by atoms with Gasteiger partial charge in [0.1, 0.15) is 17.8 Å². The number of carbonyl (C=O) groups excluding carboxylic acids is 1. The molecular weight excluding hydrogens is 430 g/mol. The molecule has 1 N–H and O–H groups in total. The van der Waals surface area contributed by atoms with Crippen molar-refractivity contribution >= 4 is 22.5 Å². The van der Waals surface area contributed by atoms with Crippen molar-refractivity contribution in [2.24, 2.45) is 11.3 Å². The third-order valence-electron chi connectivity index (χ3n) is 6.96. The normalized spacial score (nSPS) is 20.8. The number of ether oxygens (including phenoxy) is 2. The lowest BCUT2D eigenvalue weighted by molar-refractivity contribution is -0.121. The summed E-state index contributed by atoms with van der Waals surface area (Å²) in [6.07, 6.45) is 4.44. The predicted molar refractivity (Wildman–Crippen MR) is 128 cm³/mol. The van der Waals surface area contributed by atoms with E-state index in [1.165, 1.54) is 0 Å². The Morgan fingerprint density at radius 2 is 2.09 bits per heavy atom. The minimum atomic E-state index is -0.404. The van der Waals surface area contributed by atoms with Gasteiger partial charge in [-0.15, -0.1) is 0 Å². The van der Waals surface area contributed by atoms with Gasteiger partial charge in [-0.05, 0) is 19.4 Å². The molecule has 2 aromatic heterocycles. The molecule has 6 rings (SSSR count). The molecular formula is C26H25N5O3. The van der Waals surface area contributed by atoms with E-state index in [2.05, 4.69) is 22.2 Å². The second-order valence-electron chi connectivity index (χ2n) is 8.93. The molecule has 3 heterocycles. The molecule has 172 valence electrons. The lowest BCUT2D eigenvalue weighted by Crippen LogP contribution is -2.27. The number of aromatic nitrogens is 4. The summed E-state index contributed by atoms with van der Waals surface area (Å²) in [6, 6.07) is 13.8. The largest absolute Gasteiger partial charge is 0.494 e. The van der Waals surface area contributed by atoms with Gasteiger partial charge in [0.2, 0.25) is 5.91 Å². The van der Waals surface area contributed by atoms with Crippen LogP contribution in [-0.2, 0) is 16.1 Å². The summed E-state index contributed by atoms with van der Waals surface area (Å²) in [6.45, 7) is 3.93. The van der Waals surface area contributed by atoms with Gasteiger partial charge in [-0.2, -0.15) is 5.10 Å². The van der Waals surface area contributed by atoms with Gasteiger partial charge < -0.3 is 14.8 Å². The fourth-order valence-corrected chi connectivity index (χ4v) is 4.88. The Morgan fingerprint density at radius 3 is 2.79 bits per heavy atom. The quantitative estimate of drug-likeness (QED) is 0.469. The number of methoxy groups -OCH3 is 1. The summed E-state index contributed by atoms with van der Waals surface area (Å²) in [7, 11) is 1.59. The third-order valence-corrected chi connectivity index (χ3v) is 6.96. The van der Waals surface area contributed by atoms with Crippen molar-refractivity contribution < 1.29 is 14.3 Å². The van der Waals surface area contributed by atoms with E-state index in [1.807, 2.05) is 53.3 Å². The Kier molecular flexibility index (Phi) is 4.84. The molecule has 2 unspecified atom stereocenters. The molecule has 1 aliphatic heterocycles. The fraction of sp³-hybridized carbons (Fsp3) is 0.308. The average molecular weight is 456 g/mol. The Bertz CT molecular complexity index is 1400. The van der Waals surface area contributed by atoms with Crippen molar-refractivity contribution in [3.63, 3.8) is 0 Å². The van der Waals surface area contributed by atoms with E-state index in [9.17, 15) is 4.79 Å². The van der Waals surface area contributed by atoms with E-state index in [4.69, 9.17) is 14.6 Å². The number of carbonyl (C=O) groups is 1. The van der Waals surface area contributed by atoms with E-state index in [0.29, 0.717) is 30.6 Å². The van der Waals surface area contributed by atoms with E-state index in [-0.39, 0.29) is 5.91 Å². The van der Waals surface area contributed by atoms with Gasteiger partial charge in [0.15, 0.2) is 0 Å². The molecule has 1 amide bonds. The van der Waals surface area contributed by atoms with Gasteiger partial charge >= 0.3 is 0 Å². The highest BCUT2D eigenvalue weighted by Gasteiger charge is 2.63. The monoisotopic (exact) mass is 455 g/mol. The second kappa shape index (κ2) is 7.92. The Balaban J connectivity index is 1.47. The average Bonchev–Trinajstić information content (AvgIpc) is 3.21. The Labute approximate surface area is 196 Å². The number of nitrogens with one attached hydrogen (secondary N) is 1.